The fraction of sp³-hybridized carbons (Fsp3) is 0.0714. The van der Waals surface area contributed by atoms with E-state index < -0.39 is 0 Å². The summed E-state index contributed by atoms with van der Waals surface area (Å²) in [6.45, 7) is 1.83. The first-order valence-electron chi connectivity index (χ1n) is 5.70. The summed E-state index contributed by atoms with van der Waals surface area (Å²) in [6, 6.07) is 8.67. The highest BCUT2D eigenvalue weighted by molar-refractivity contribution is 9.11. The van der Waals surface area contributed by atoms with Gasteiger partial charge in [-0.15, -0.1) is 0 Å². The molecule has 0 spiro atoms. The highest BCUT2D eigenvalue weighted by Crippen LogP contribution is 2.33. The number of hydrogen-bond donors (Lipinski definition) is 2. The van der Waals surface area contributed by atoms with Crippen LogP contribution in [0.15, 0.2) is 39.3 Å². The van der Waals surface area contributed by atoms with Gasteiger partial charge in [-0.1, -0.05) is 27.5 Å². The summed E-state index contributed by atoms with van der Waals surface area (Å²) in [7, 11) is 0. The molecule has 0 heterocycles. The Kier molecular flexibility index (Phi) is 4.73. The Bertz CT molecular complexity index is 666. The number of carbonyl (C=O) groups is 1. The number of rotatable bonds is 2. The topological polar surface area (TPSA) is 55.1 Å². The quantitative estimate of drug-likeness (QED) is 0.674. The number of hydrogen-bond acceptors (Lipinski definition) is 2. The molecule has 2 aromatic rings. The normalized spacial score (nSPS) is 10.4. The zero-order valence-electron chi connectivity index (χ0n) is 10.5. The Balaban J connectivity index is 2.33. The van der Waals surface area contributed by atoms with Crippen LogP contribution in [0.25, 0.3) is 0 Å². The van der Waals surface area contributed by atoms with E-state index >= 15 is 0 Å². The summed E-state index contributed by atoms with van der Waals surface area (Å²) in [6.07, 6.45) is 0. The first-order chi connectivity index (χ1) is 9.38. The zero-order valence-corrected chi connectivity index (χ0v) is 14.4. The summed E-state index contributed by atoms with van der Waals surface area (Å²) < 4.78 is 1.55. The number of carbonyl (C=O) groups excluding carboxylic acids is 1. The fourth-order valence-electron chi connectivity index (χ4n) is 1.79. The van der Waals surface area contributed by atoms with Gasteiger partial charge in [0.1, 0.15) is 0 Å². The van der Waals surface area contributed by atoms with Crippen LogP contribution in [0.1, 0.15) is 15.9 Å². The number of nitrogens with two attached hydrogens (primary N) is 1. The lowest BCUT2D eigenvalue weighted by Gasteiger charge is -2.12. The summed E-state index contributed by atoms with van der Waals surface area (Å²) >= 11 is 12.6. The van der Waals surface area contributed by atoms with E-state index in [-0.39, 0.29) is 5.91 Å². The van der Waals surface area contributed by atoms with Gasteiger partial charge in [0.05, 0.1) is 11.4 Å². The molecule has 20 heavy (non-hydrogen) atoms. The van der Waals surface area contributed by atoms with Crippen molar-refractivity contribution in [2.75, 3.05) is 11.1 Å². The average Bonchev–Trinajstić information content (AvgIpc) is 2.33. The Morgan fingerprint density at radius 2 is 1.95 bits per heavy atom. The van der Waals surface area contributed by atoms with Crippen molar-refractivity contribution in [3.05, 3.63) is 55.4 Å². The van der Waals surface area contributed by atoms with Crippen LogP contribution in [-0.2, 0) is 0 Å². The van der Waals surface area contributed by atoms with Crippen molar-refractivity contribution in [2.45, 2.75) is 6.92 Å². The molecule has 0 fully saturated rings. The van der Waals surface area contributed by atoms with Gasteiger partial charge in [-0.2, -0.15) is 0 Å². The van der Waals surface area contributed by atoms with Gasteiger partial charge in [-0.3, -0.25) is 4.79 Å². The second kappa shape index (κ2) is 6.16. The largest absolute Gasteiger partial charge is 0.397 e. The molecule has 0 atom stereocenters. The third-order valence-corrected chi connectivity index (χ3v) is 4.08. The van der Waals surface area contributed by atoms with E-state index in [2.05, 4.69) is 37.2 Å². The molecule has 104 valence electrons. The smallest absolute Gasteiger partial charge is 0.256 e. The molecule has 0 radical (unpaired) electrons. The molecule has 0 saturated carbocycles. The number of amides is 1. The van der Waals surface area contributed by atoms with E-state index in [0.717, 1.165) is 10.0 Å². The number of anilines is 2. The van der Waals surface area contributed by atoms with Crippen LogP contribution in [-0.4, -0.2) is 5.91 Å². The van der Waals surface area contributed by atoms with Crippen LogP contribution >= 0.6 is 43.5 Å². The highest BCUT2D eigenvalue weighted by atomic mass is 79.9. The number of halogens is 3. The predicted molar refractivity (Wildman–Crippen MR) is 90.4 cm³/mol. The van der Waals surface area contributed by atoms with Crippen LogP contribution in [0, 0.1) is 6.92 Å². The van der Waals surface area contributed by atoms with Crippen molar-refractivity contribution < 1.29 is 4.79 Å². The lowest BCUT2D eigenvalue weighted by atomic mass is 10.1. The van der Waals surface area contributed by atoms with Gasteiger partial charge in [0.15, 0.2) is 0 Å². The second-order valence-corrected chi connectivity index (χ2v) is 6.47. The molecule has 3 N–H and O–H groups in total. The fourth-order valence-corrected chi connectivity index (χ4v) is 3.37. The van der Waals surface area contributed by atoms with Crippen molar-refractivity contribution in [3.63, 3.8) is 0 Å². The van der Waals surface area contributed by atoms with Crippen molar-refractivity contribution in [1.29, 1.82) is 0 Å². The number of nitrogen functional groups attached to an aromatic ring is 1. The summed E-state index contributed by atoms with van der Waals surface area (Å²) in [5.41, 5.74) is 8.31. The summed E-state index contributed by atoms with van der Waals surface area (Å²) in [5, 5.41) is 3.41. The molecule has 0 saturated heterocycles. The van der Waals surface area contributed by atoms with E-state index in [9.17, 15) is 4.79 Å². The molecule has 0 aliphatic rings. The first-order valence-corrected chi connectivity index (χ1v) is 7.67. The average molecular weight is 419 g/mol. The van der Waals surface area contributed by atoms with E-state index in [1.54, 1.807) is 24.3 Å². The van der Waals surface area contributed by atoms with Crippen LogP contribution in [0.2, 0.25) is 5.02 Å². The van der Waals surface area contributed by atoms with Gasteiger partial charge < -0.3 is 11.1 Å². The Morgan fingerprint density at radius 3 is 2.55 bits per heavy atom. The maximum Gasteiger partial charge on any atom is 0.256 e. The third kappa shape index (κ3) is 3.34. The number of nitrogens with one attached hydrogen (secondary N) is 1. The van der Waals surface area contributed by atoms with Gasteiger partial charge >= 0.3 is 0 Å². The monoisotopic (exact) mass is 416 g/mol. The van der Waals surface area contributed by atoms with Crippen molar-refractivity contribution >= 4 is 60.7 Å². The zero-order chi connectivity index (χ0) is 14.9. The van der Waals surface area contributed by atoms with E-state index in [0.29, 0.717) is 26.4 Å². The van der Waals surface area contributed by atoms with Crippen LogP contribution in [0.3, 0.4) is 0 Å². The molecular weight excluding hydrogens is 407 g/mol. The third-order valence-electron chi connectivity index (χ3n) is 2.76. The molecule has 1 amide bonds. The Labute approximate surface area is 138 Å². The van der Waals surface area contributed by atoms with Crippen LogP contribution in [0.5, 0.6) is 0 Å². The predicted octanol–water partition coefficient (Wildman–Crippen LogP) is 5.01. The van der Waals surface area contributed by atoms with Gasteiger partial charge in [-0.05, 0) is 58.7 Å². The molecule has 0 unspecified atom stereocenters. The minimum Gasteiger partial charge on any atom is -0.397 e. The first kappa shape index (κ1) is 15.4. The molecule has 0 aliphatic heterocycles. The Hall–Kier alpha value is -1.04. The summed E-state index contributed by atoms with van der Waals surface area (Å²) in [4.78, 5) is 12.3. The van der Waals surface area contributed by atoms with Crippen molar-refractivity contribution in [2.24, 2.45) is 0 Å². The lowest BCUT2D eigenvalue weighted by molar-refractivity contribution is 0.102. The van der Waals surface area contributed by atoms with Gasteiger partial charge in [0.2, 0.25) is 0 Å². The minimum atomic E-state index is -0.228. The molecule has 0 aliphatic carbocycles. The van der Waals surface area contributed by atoms with Gasteiger partial charge in [-0.25, -0.2) is 0 Å². The van der Waals surface area contributed by atoms with Crippen molar-refractivity contribution in [1.82, 2.24) is 0 Å². The SMILES string of the molecule is Cc1cc(Cl)ccc1C(=O)Nc1c(N)cc(Br)cc1Br. The minimum absolute atomic E-state index is 0.228. The molecule has 0 aromatic heterocycles. The molecule has 2 aromatic carbocycles. The molecule has 3 nitrogen and oxygen atoms in total. The van der Waals surface area contributed by atoms with Gasteiger partial charge in [0, 0.05) is 19.5 Å². The summed E-state index contributed by atoms with van der Waals surface area (Å²) in [5.74, 6) is -0.228. The van der Waals surface area contributed by atoms with Crippen LogP contribution < -0.4 is 11.1 Å². The van der Waals surface area contributed by atoms with E-state index in [1.165, 1.54) is 0 Å². The standard InChI is InChI=1S/C14H11Br2ClN2O/c1-7-4-9(17)2-3-10(7)14(20)19-13-11(16)5-8(15)6-12(13)18/h2-6H,18H2,1H3,(H,19,20). The van der Waals surface area contributed by atoms with E-state index in [1.807, 2.05) is 13.0 Å². The Morgan fingerprint density at radius 1 is 1.25 bits per heavy atom. The number of benzene rings is 2. The van der Waals surface area contributed by atoms with Gasteiger partial charge in [0.25, 0.3) is 5.91 Å². The van der Waals surface area contributed by atoms with Crippen molar-refractivity contribution in [3.8, 4) is 0 Å². The van der Waals surface area contributed by atoms with Crippen LogP contribution in [0.4, 0.5) is 11.4 Å². The molecule has 0 bridgehead atoms. The molecule has 6 heteroatoms. The maximum absolute atomic E-state index is 12.3. The second-order valence-electron chi connectivity index (χ2n) is 4.27. The molecular formula is C14H11Br2ClN2O. The number of aryl methyl sites for hydroxylation is 1. The maximum atomic E-state index is 12.3. The highest BCUT2D eigenvalue weighted by Gasteiger charge is 2.13. The lowest BCUT2D eigenvalue weighted by Crippen LogP contribution is -2.15. The molecule has 2 rings (SSSR count). The van der Waals surface area contributed by atoms with E-state index in [4.69, 9.17) is 17.3 Å².